The van der Waals surface area contributed by atoms with Crippen LogP contribution < -0.4 is 15.6 Å². The van der Waals surface area contributed by atoms with Gasteiger partial charge in [-0.3, -0.25) is 20.4 Å². The van der Waals surface area contributed by atoms with Crippen LogP contribution in [-0.2, 0) is 11.2 Å². The smallest absolute Gasteiger partial charge is 0.269 e. The van der Waals surface area contributed by atoms with Gasteiger partial charge in [0, 0.05) is 10.6 Å². The summed E-state index contributed by atoms with van der Waals surface area (Å²) in [4.78, 5) is 24.1. The second-order valence-electron chi connectivity index (χ2n) is 6.36. The molecule has 0 spiro atoms. The molecule has 0 radical (unpaired) electrons. The molecule has 0 aromatic heterocycles. The summed E-state index contributed by atoms with van der Waals surface area (Å²) in [5.74, 6) is 0.469. The quantitative estimate of drug-likeness (QED) is 0.725. The van der Waals surface area contributed by atoms with Gasteiger partial charge in [0.2, 0.25) is 5.91 Å². The minimum absolute atomic E-state index is 0.149. The number of halogens is 1. The maximum absolute atomic E-state index is 12.2. The normalized spacial score (nSPS) is 10.5. The molecular formula is C20H23ClN2O3. The zero-order valence-electron chi connectivity index (χ0n) is 14.9. The third kappa shape index (κ3) is 6.76. The Bertz CT molecular complexity index is 745. The van der Waals surface area contributed by atoms with Gasteiger partial charge in [-0.25, -0.2) is 0 Å². The van der Waals surface area contributed by atoms with Crippen LogP contribution in [0.1, 0.15) is 36.2 Å². The number of amides is 2. The molecule has 0 bridgehead atoms. The molecule has 2 aromatic rings. The highest BCUT2D eigenvalue weighted by Gasteiger charge is 2.09. The predicted molar refractivity (Wildman–Crippen MR) is 102 cm³/mol. The van der Waals surface area contributed by atoms with Crippen LogP contribution in [-0.4, -0.2) is 18.4 Å². The minimum atomic E-state index is -0.399. The Labute approximate surface area is 158 Å². The molecule has 0 saturated heterocycles. The Hall–Kier alpha value is -2.53. The Kier molecular flexibility index (Phi) is 7.48. The van der Waals surface area contributed by atoms with Crippen molar-refractivity contribution < 1.29 is 14.3 Å². The molecule has 2 rings (SSSR count). The van der Waals surface area contributed by atoms with Crippen LogP contribution in [0.3, 0.4) is 0 Å². The lowest BCUT2D eigenvalue weighted by atomic mass is 10.1. The molecule has 26 heavy (non-hydrogen) atoms. The predicted octanol–water partition coefficient (Wildman–Crippen LogP) is 3.77. The van der Waals surface area contributed by atoms with Gasteiger partial charge in [-0.2, -0.15) is 0 Å². The van der Waals surface area contributed by atoms with E-state index >= 15 is 0 Å². The summed E-state index contributed by atoms with van der Waals surface area (Å²) in [6.45, 7) is 4.85. The van der Waals surface area contributed by atoms with Crippen molar-refractivity contribution >= 4 is 23.4 Å². The number of hydrazine groups is 1. The second-order valence-corrected chi connectivity index (χ2v) is 6.80. The number of nitrogens with one attached hydrogen (secondary N) is 2. The van der Waals surface area contributed by atoms with E-state index in [0.717, 1.165) is 12.0 Å². The monoisotopic (exact) mass is 374 g/mol. The molecule has 0 aliphatic carbocycles. The number of carbonyl (C=O) groups excluding carboxylic acids is 2. The van der Waals surface area contributed by atoms with Gasteiger partial charge in [0.05, 0.1) is 13.0 Å². The van der Waals surface area contributed by atoms with Crippen LogP contribution in [0.4, 0.5) is 0 Å². The average Bonchev–Trinajstić information content (AvgIpc) is 2.61. The molecule has 5 nitrogen and oxygen atoms in total. The number of hydrogen-bond donors (Lipinski definition) is 2. The van der Waals surface area contributed by atoms with Crippen LogP contribution in [0.25, 0.3) is 0 Å². The van der Waals surface area contributed by atoms with Crippen LogP contribution in [0, 0.1) is 5.92 Å². The summed E-state index contributed by atoms with van der Waals surface area (Å²) in [5.41, 5.74) is 6.04. The molecule has 0 heterocycles. The van der Waals surface area contributed by atoms with Crippen molar-refractivity contribution in [3.8, 4) is 5.75 Å². The van der Waals surface area contributed by atoms with E-state index in [4.69, 9.17) is 16.3 Å². The van der Waals surface area contributed by atoms with Crippen LogP contribution in [0.15, 0.2) is 48.5 Å². The van der Waals surface area contributed by atoms with Gasteiger partial charge in [0.1, 0.15) is 5.75 Å². The van der Waals surface area contributed by atoms with Crippen molar-refractivity contribution in [2.75, 3.05) is 6.61 Å². The maximum atomic E-state index is 12.2. The van der Waals surface area contributed by atoms with E-state index in [-0.39, 0.29) is 12.3 Å². The minimum Gasteiger partial charge on any atom is -0.494 e. The zero-order chi connectivity index (χ0) is 18.9. The first-order chi connectivity index (χ1) is 12.4. The van der Waals surface area contributed by atoms with Crippen molar-refractivity contribution in [3.63, 3.8) is 0 Å². The molecular weight excluding hydrogens is 352 g/mol. The van der Waals surface area contributed by atoms with Crippen LogP contribution in [0.2, 0.25) is 5.02 Å². The number of ether oxygens (including phenoxy) is 1. The van der Waals surface area contributed by atoms with E-state index in [2.05, 4.69) is 24.7 Å². The SMILES string of the molecule is CC(C)CCOc1cccc(C(=O)NNC(=O)Cc2ccc(Cl)cc2)c1. The Morgan fingerprint density at radius 2 is 1.81 bits per heavy atom. The highest BCUT2D eigenvalue weighted by atomic mass is 35.5. The third-order valence-corrected chi connectivity index (χ3v) is 3.91. The summed E-state index contributed by atoms with van der Waals surface area (Å²) >= 11 is 5.81. The first-order valence-corrected chi connectivity index (χ1v) is 8.88. The number of hydrogen-bond acceptors (Lipinski definition) is 3. The molecule has 0 aliphatic heterocycles. The number of carbonyl (C=O) groups is 2. The molecule has 0 unspecified atom stereocenters. The zero-order valence-corrected chi connectivity index (χ0v) is 15.7. The van der Waals surface area contributed by atoms with Crippen molar-refractivity contribution in [2.24, 2.45) is 5.92 Å². The molecule has 0 saturated carbocycles. The van der Waals surface area contributed by atoms with Gasteiger partial charge in [-0.1, -0.05) is 43.6 Å². The first kappa shape index (κ1) is 19.8. The highest BCUT2D eigenvalue weighted by Crippen LogP contribution is 2.14. The lowest BCUT2D eigenvalue weighted by Crippen LogP contribution is -2.42. The topological polar surface area (TPSA) is 67.4 Å². The fourth-order valence-electron chi connectivity index (χ4n) is 2.17. The summed E-state index contributed by atoms with van der Waals surface area (Å²) in [6, 6.07) is 13.8. The van der Waals surface area contributed by atoms with Crippen LogP contribution in [0.5, 0.6) is 5.75 Å². The molecule has 2 amide bonds. The van der Waals surface area contributed by atoms with Gasteiger partial charge >= 0.3 is 0 Å². The third-order valence-electron chi connectivity index (χ3n) is 3.65. The van der Waals surface area contributed by atoms with Crippen LogP contribution >= 0.6 is 11.6 Å². The fraction of sp³-hybridized carbons (Fsp3) is 0.300. The van der Waals surface area contributed by atoms with Gasteiger partial charge in [0.15, 0.2) is 0 Å². The lowest BCUT2D eigenvalue weighted by Gasteiger charge is -2.10. The average molecular weight is 375 g/mol. The Morgan fingerprint density at radius 3 is 2.50 bits per heavy atom. The summed E-state index contributed by atoms with van der Waals surface area (Å²) in [5, 5.41) is 0.609. The van der Waals surface area contributed by atoms with Crippen molar-refractivity contribution in [2.45, 2.75) is 26.7 Å². The van der Waals surface area contributed by atoms with E-state index in [0.29, 0.717) is 28.9 Å². The molecule has 0 fully saturated rings. The van der Waals surface area contributed by atoms with Gasteiger partial charge in [-0.05, 0) is 48.2 Å². The largest absolute Gasteiger partial charge is 0.494 e. The van der Waals surface area contributed by atoms with E-state index in [1.165, 1.54) is 0 Å². The lowest BCUT2D eigenvalue weighted by molar-refractivity contribution is -0.121. The van der Waals surface area contributed by atoms with E-state index in [1.807, 2.05) is 0 Å². The summed E-state index contributed by atoms with van der Waals surface area (Å²) < 4.78 is 5.64. The Morgan fingerprint density at radius 1 is 1.08 bits per heavy atom. The van der Waals surface area contributed by atoms with Crippen molar-refractivity contribution in [3.05, 3.63) is 64.7 Å². The van der Waals surface area contributed by atoms with Crippen molar-refractivity contribution in [1.82, 2.24) is 10.9 Å². The van der Waals surface area contributed by atoms with Gasteiger partial charge < -0.3 is 4.74 Å². The molecule has 6 heteroatoms. The molecule has 0 aliphatic rings. The van der Waals surface area contributed by atoms with Gasteiger partial charge in [0.25, 0.3) is 5.91 Å². The molecule has 0 atom stereocenters. The highest BCUT2D eigenvalue weighted by molar-refractivity contribution is 6.30. The van der Waals surface area contributed by atoms with E-state index in [1.54, 1.807) is 48.5 Å². The van der Waals surface area contributed by atoms with Gasteiger partial charge in [-0.15, -0.1) is 0 Å². The fourth-order valence-corrected chi connectivity index (χ4v) is 2.30. The molecule has 138 valence electrons. The van der Waals surface area contributed by atoms with E-state index in [9.17, 15) is 9.59 Å². The number of benzene rings is 2. The maximum Gasteiger partial charge on any atom is 0.269 e. The Balaban J connectivity index is 1.83. The summed E-state index contributed by atoms with van der Waals surface area (Å²) in [7, 11) is 0. The van der Waals surface area contributed by atoms with E-state index < -0.39 is 5.91 Å². The first-order valence-electron chi connectivity index (χ1n) is 8.50. The molecule has 2 aromatic carbocycles. The van der Waals surface area contributed by atoms with Crippen molar-refractivity contribution in [1.29, 1.82) is 0 Å². The number of rotatable bonds is 7. The molecule has 2 N–H and O–H groups in total. The second kappa shape index (κ2) is 9.82. The summed E-state index contributed by atoms with van der Waals surface area (Å²) in [6.07, 6.45) is 1.09. The standard InChI is InChI=1S/C20H23ClN2O3/c1-14(2)10-11-26-18-5-3-4-16(13-18)20(25)23-22-19(24)12-15-6-8-17(21)9-7-15/h3-9,13-14H,10-12H2,1-2H3,(H,22,24)(H,23,25).